The number of nitrogens with one attached hydrogen (secondary N) is 1. The second kappa shape index (κ2) is 76.1. The molecule has 2 N–H and O–H groups in total. The van der Waals surface area contributed by atoms with Crippen LogP contribution in [0.3, 0.4) is 0 Å². The molecule has 558 valence electrons. The molecule has 0 aromatic carbocycles. The Labute approximate surface area is 593 Å². The molecule has 0 aliphatic heterocycles. The molecule has 0 saturated heterocycles. The van der Waals surface area contributed by atoms with Crippen LogP contribution in [0.5, 0.6) is 0 Å². The second-order valence-corrected chi connectivity index (χ2v) is 31.2. The van der Waals surface area contributed by atoms with E-state index < -0.39 is 26.6 Å². The summed E-state index contributed by atoms with van der Waals surface area (Å²) in [5.74, 6) is -0.204. The molecule has 1 amide bonds. The number of rotatable bonds is 78. The van der Waals surface area contributed by atoms with Crippen LogP contribution in [0, 0.1) is 0 Å². The van der Waals surface area contributed by atoms with Crippen LogP contribution < -0.4 is 10.2 Å². The molecule has 0 aliphatic carbocycles. The molecule has 95 heavy (non-hydrogen) atoms. The summed E-state index contributed by atoms with van der Waals surface area (Å²) >= 11 is 0. The minimum absolute atomic E-state index is 0.00872. The van der Waals surface area contributed by atoms with Crippen LogP contribution in [0.15, 0.2) is 72.9 Å². The number of phosphoric acid groups is 1. The summed E-state index contributed by atoms with van der Waals surface area (Å²) < 4.78 is 23.5. The predicted octanol–water partition coefficient (Wildman–Crippen LogP) is 27.0. The van der Waals surface area contributed by atoms with Gasteiger partial charge in [-0.1, -0.05) is 401 Å². The van der Waals surface area contributed by atoms with Crippen molar-refractivity contribution >= 4 is 13.7 Å². The van der Waals surface area contributed by atoms with Crippen LogP contribution >= 0.6 is 7.82 Å². The van der Waals surface area contributed by atoms with Crippen molar-refractivity contribution < 1.29 is 32.9 Å². The molecule has 0 aliphatic rings. The SMILES string of the molecule is CCCCCCC/C=C\C/C=C\C/C=C\CCCCCCCCCCCCCCCCCCCCCCCCCCCCC(=O)NC(COP(=O)([O-])OCC[N+](C)(C)C)C(O)/C=C/CC/C=C/CC/C=C/CCCCCCCCCCCCCCCCCCCCCCCC. The molecule has 3 unspecified atom stereocenters. The van der Waals surface area contributed by atoms with Gasteiger partial charge in [0, 0.05) is 6.42 Å². The van der Waals surface area contributed by atoms with E-state index in [1.165, 1.54) is 340 Å². The summed E-state index contributed by atoms with van der Waals surface area (Å²) in [6, 6.07) is -0.913. The molecule has 8 nitrogen and oxygen atoms in total. The van der Waals surface area contributed by atoms with E-state index in [0.717, 1.165) is 57.8 Å². The number of carbonyl (C=O) groups excluding carboxylic acids is 1. The Morgan fingerprint density at radius 2 is 0.621 bits per heavy atom. The quantitative estimate of drug-likeness (QED) is 0.0272. The van der Waals surface area contributed by atoms with Crippen LogP contribution in [0.2, 0.25) is 0 Å². The van der Waals surface area contributed by atoms with Crippen molar-refractivity contribution in [3.63, 3.8) is 0 Å². The highest BCUT2D eigenvalue weighted by molar-refractivity contribution is 7.45. The van der Waals surface area contributed by atoms with Crippen LogP contribution in [0.4, 0.5) is 0 Å². The number of hydrogen-bond acceptors (Lipinski definition) is 6. The fourth-order valence-electron chi connectivity index (χ4n) is 12.7. The third-order valence-electron chi connectivity index (χ3n) is 19.1. The number of hydrogen-bond donors (Lipinski definition) is 2. The van der Waals surface area contributed by atoms with Crippen LogP contribution in [0.25, 0.3) is 0 Å². The van der Waals surface area contributed by atoms with Crippen molar-refractivity contribution in [2.24, 2.45) is 0 Å². The molecule has 3 atom stereocenters. The second-order valence-electron chi connectivity index (χ2n) is 29.8. The standard InChI is InChI=1S/C86H163N2O6P/c1-6-8-10-12-14-16-18-20-22-24-26-28-30-32-34-36-38-40-41-42-43-44-45-46-47-48-50-52-54-56-58-60-62-64-66-68-70-72-74-76-78-80-86(90)87-84(83-94-95(91,92)93-82-81-88(3,4)5)85(89)79-77-75-73-71-69-67-65-63-61-59-57-55-53-51-49-39-37-35-33-31-29-27-25-23-21-19-17-15-13-11-9-7-2/h18,20,24,26,30,32,61,63,69,71,77,79,84-85,89H,6-17,19,21-23,25,27-29,31,33-60,62,64-68,70,72-76,78,80-83H2,1-5H3,(H-,87,90,91,92)/b20-18-,26-24-,32-30-,63-61+,71-69+,79-77+. The Balaban J connectivity index is 3.96. The number of quaternary nitrogens is 1. The summed E-state index contributed by atoms with van der Waals surface area (Å²) in [5, 5.41) is 14.0. The summed E-state index contributed by atoms with van der Waals surface area (Å²) in [5.41, 5.74) is 0. The number of unbranched alkanes of at least 4 members (excludes halogenated alkanes) is 55. The Hall–Kier alpha value is -2.06. The van der Waals surface area contributed by atoms with Gasteiger partial charge in [-0.2, -0.15) is 0 Å². The van der Waals surface area contributed by atoms with Gasteiger partial charge < -0.3 is 28.8 Å². The lowest BCUT2D eigenvalue weighted by molar-refractivity contribution is -0.870. The van der Waals surface area contributed by atoms with Gasteiger partial charge in [0.15, 0.2) is 0 Å². The van der Waals surface area contributed by atoms with E-state index in [1.807, 2.05) is 27.2 Å². The number of amides is 1. The third kappa shape index (κ3) is 79.1. The van der Waals surface area contributed by atoms with E-state index in [-0.39, 0.29) is 12.5 Å². The van der Waals surface area contributed by atoms with E-state index >= 15 is 0 Å². The lowest BCUT2D eigenvalue weighted by Gasteiger charge is -2.29. The van der Waals surface area contributed by atoms with Gasteiger partial charge in [0.25, 0.3) is 7.82 Å². The van der Waals surface area contributed by atoms with Crippen LogP contribution in [-0.4, -0.2) is 68.5 Å². The monoisotopic (exact) mass is 1350 g/mol. The van der Waals surface area contributed by atoms with Gasteiger partial charge in [-0.25, -0.2) is 0 Å². The predicted molar refractivity (Wildman–Crippen MR) is 417 cm³/mol. The average Bonchev–Trinajstić information content (AvgIpc) is 2.01. The molecule has 0 saturated carbocycles. The lowest BCUT2D eigenvalue weighted by atomic mass is 10.0. The van der Waals surface area contributed by atoms with E-state index in [0.29, 0.717) is 17.4 Å². The summed E-state index contributed by atoms with van der Waals surface area (Å²) in [7, 11) is 1.25. The van der Waals surface area contributed by atoms with Gasteiger partial charge in [-0.05, 0) is 83.5 Å². The molecule has 0 aromatic heterocycles. The number of carbonyl (C=O) groups is 1. The Bertz CT molecular complexity index is 1790. The van der Waals surface area contributed by atoms with Gasteiger partial charge in [-0.15, -0.1) is 0 Å². The fourth-order valence-corrected chi connectivity index (χ4v) is 13.4. The number of nitrogens with zero attached hydrogens (tertiary/aromatic N) is 1. The number of aliphatic hydroxyl groups excluding tert-OH is 1. The maximum Gasteiger partial charge on any atom is 0.268 e. The van der Waals surface area contributed by atoms with Crippen molar-refractivity contribution in [1.29, 1.82) is 0 Å². The van der Waals surface area contributed by atoms with Crippen molar-refractivity contribution in [2.75, 3.05) is 40.9 Å². The molecule has 0 bridgehead atoms. The number of likely N-dealkylation sites (N-methyl/N-ethyl adjacent to an activating group) is 1. The molecule has 0 heterocycles. The molecule has 0 aromatic rings. The molecule has 9 heteroatoms. The zero-order valence-electron chi connectivity index (χ0n) is 64.1. The summed E-state index contributed by atoms with van der Waals surface area (Å²) in [6.45, 7) is 4.66. The van der Waals surface area contributed by atoms with Crippen LogP contribution in [0.1, 0.15) is 418 Å². The Morgan fingerprint density at radius 1 is 0.368 bits per heavy atom. The number of allylic oxidation sites excluding steroid dienone is 11. The largest absolute Gasteiger partial charge is 0.756 e. The summed E-state index contributed by atoms with van der Waals surface area (Å²) in [4.78, 5) is 25.7. The van der Waals surface area contributed by atoms with Crippen LogP contribution in [-0.2, 0) is 18.4 Å². The van der Waals surface area contributed by atoms with E-state index in [4.69, 9.17) is 9.05 Å². The van der Waals surface area contributed by atoms with E-state index in [9.17, 15) is 19.4 Å². The van der Waals surface area contributed by atoms with Gasteiger partial charge in [0.05, 0.1) is 39.9 Å². The maximum absolute atomic E-state index is 13.1. The maximum atomic E-state index is 13.1. The molecular formula is C86H163N2O6P. The average molecular weight is 1350 g/mol. The Morgan fingerprint density at radius 3 is 0.926 bits per heavy atom. The topological polar surface area (TPSA) is 108 Å². The van der Waals surface area contributed by atoms with Crippen molar-refractivity contribution in [3.8, 4) is 0 Å². The number of phosphoric ester groups is 1. The van der Waals surface area contributed by atoms with E-state index in [2.05, 4.69) is 79.9 Å². The minimum atomic E-state index is -4.62. The van der Waals surface area contributed by atoms with Crippen molar-refractivity contribution in [1.82, 2.24) is 5.32 Å². The van der Waals surface area contributed by atoms with Gasteiger partial charge >= 0.3 is 0 Å². The highest BCUT2D eigenvalue weighted by Crippen LogP contribution is 2.38. The first-order valence-corrected chi connectivity index (χ1v) is 43.3. The first kappa shape index (κ1) is 92.9. The summed E-state index contributed by atoms with van der Waals surface area (Å²) in [6.07, 6.45) is 108. The zero-order chi connectivity index (χ0) is 69.0. The highest BCUT2D eigenvalue weighted by atomic mass is 31.2. The molecule has 0 radical (unpaired) electrons. The third-order valence-corrected chi connectivity index (χ3v) is 20.1. The van der Waals surface area contributed by atoms with Gasteiger partial charge in [0.1, 0.15) is 13.2 Å². The first-order chi connectivity index (χ1) is 46.5. The molecule has 0 spiro atoms. The first-order valence-electron chi connectivity index (χ1n) is 41.8. The fraction of sp³-hybridized carbons (Fsp3) is 0.849. The molecular weight excluding hydrogens is 1190 g/mol. The number of aliphatic hydroxyl groups is 1. The minimum Gasteiger partial charge on any atom is -0.756 e. The van der Waals surface area contributed by atoms with E-state index in [1.54, 1.807) is 6.08 Å². The lowest BCUT2D eigenvalue weighted by Crippen LogP contribution is -2.45. The molecule has 0 rings (SSSR count). The van der Waals surface area contributed by atoms with Crippen molar-refractivity contribution in [3.05, 3.63) is 72.9 Å². The normalized spacial score (nSPS) is 13.8. The van der Waals surface area contributed by atoms with Gasteiger partial charge in [0.2, 0.25) is 5.91 Å². The zero-order valence-corrected chi connectivity index (χ0v) is 65.0. The molecule has 0 fully saturated rings. The smallest absolute Gasteiger partial charge is 0.268 e. The van der Waals surface area contributed by atoms with Gasteiger partial charge in [-0.3, -0.25) is 9.36 Å². The Kier molecular flexibility index (Phi) is 74.5. The highest BCUT2D eigenvalue weighted by Gasteiger charge is 2.23. The van der Waals surface area contributed by atoms with Crippen molar-refractivity contribution in [2.45, 2.75) is 431 Å².